The lowest BCUT2D eigenvalue weighted by atomic mass is 10.5. The molecule has 1 unspecified atom stereocenters. The number of hydrogen-bond donors (Lipinski definition) is 0. The van der Waals surface area contributed by atoms with Crippen LogP contribution in [0.1, 0.15) is 0 Å². The van der Waals surface area contributed by atoms with Crippen LogP contribution in [0.4, 0.5) is 0 Å². The van der Waals surface area contributed by atoms with E-state index in [1.807, 2.05) is 0 Å². The molecule has 0 bridgehead atoms. The number of hydrogen-bond acceptors (Lipinski definition) is 2. The van der Waals surface area contributed by atoms with Crippen molar-refractivity contribution in [2.75, 3.05) is 6.26 Å². The second kappa shape index (κ2) is 3.37. The molecule has 0 aliphatic heterocycles. The van der Waals surface area contributed by atoms with Crippen molar-refractivity contribution in [3.63, 3.8) is 0 Å². The number of aromatic nitrogens is 1. The first-order chi connectivity index (χ1) is 4.70. The number of pyridine rings is 1. The first-order valence-electron chi connectivity index (χ1n) is 2.65. The van der Waals surface area contributed by atoms with Crippen LogP contribution in [0.5, 0.6) is 0 Å². The maximum Gasteiger partial charge on any atom is 0.170 e. The van der Waals surface area contributed by atoms with Gasteiger partial charge in [0.25, 0.3) is 0 Å². The lowest BCUT2D eigenvalue weighted by molar-refractivity contribution is 0.600. The molecule has 0 fully saturated rings. The van der Waals surface area contributed by atoms with Gasteiger partial charge in [-0.25, -0.2) is 4.98 Å². The second-order valence-corrected chi connectivity index (χ2v) is 3.96. The molecule has 4 heteroatoms. The van der Waals surface area contributed by atoms with Crippen molar-refractivity contribution < 1.29 is 4.55 Å². The van der Waals surface area contributed by atoms with Crippen LogP contribution in [0, 0.1) is 0 Å². The Labute approximate surface area is 71.0 Å². The summed E-state index contributed by atoms with van der Waals surface area (Å²) in [6, 6.07) is 3.56. The molecular formula is C6H6BrNOS. The molecule has 0 saturated heterocycles. The van der Waals surface area contributed by atoms with Gasteiger partial charge in [0.1, 0.15) is 10.9 Å². The Balaban J connectivity index is 2.89. The van der Waals surface area contributed by atoms with E-state index in [9.17, 15) is 4.55 Å². The molecule has 1 atom stereocenters. The summed E-state index contributed by atoms with van der Waals surface area (Å²) in [6.45, 7) is 0. The van der Waals surface area contributed by atoms with E-state index < -0.39 is 11.2 Å². The summed E-state index contributed by atoms with van der Waals surface area (Å²) >= 11 is 2.26. The van der Waals surface area contributed by atoms with E-state index in [0.717, 1.165) is 9.50 Å². The van der Waals surface area contributed by atoms with Crippen LogP contribution in [-0.4, -0.2) is 15.8 Å². The third-order valence-electron chi connectivity index (χ3n) is 1.03. The largest absolute Gasteiger partial charge is 0.612 e. The van der Waals surface area contributed by atoms with E-state index in [-0.39, 0.29) is 0 Å². The molecule has 1 heterocycles. The average Bonchev–Trinajstić information content (AvgIpc) is 1.88. The molecule has 0 aliphatic rings. The molecule has 2 nitrogen and oxygen atoms in total. The van der Waals surface area contributed by atoms with Gasteiger partial charge in [-0.1, -0.05) is 0 Å². The van der Waals surface area contributed by atoms with Crippen molar-refractivity contribution in [2.24, 2.45) is 0 Å². The molecule has 0 spiro atoms. The summed E-state index contributed by atoms with van der Waals surface area (Å²) in [5, 5.41) is 0. The molecule has 0 radical (unpaired) electrons. The maximum atomic E-state index is 10.8. The third kappa shape index (κ3) is 1.97. The normalized spacial score (nSPS) is 13.1. The minimum atomic E-state index is -0.921. The molecule has 0 aromatic carbocycles. The fourth-order valence-electron chi connectivity index (χ4n) is 0.532. The van der Waals surface area contributed by atoms with Crippen LogP contribution < -0.4 is 0 Å². The van der Waals surface area contributed by atoms with Crippen molar-refractivity contribution >= 4 is 27.1 Å². The van der Waals surface area contributed by atoms with Gasteiger partial charge in [0.2, 0.25) is 0 Å². The lowest BCUT2D eigenvalue weighted by Gasteiger charge is -2.01. The van der Waals surface area contributed by atoms with E-state index >= 15 is 0 Å². The highest BCUT2D eigenvalue weighted by Gasteiger charge is 2.01. The minimum Gasteiger partial charge on any atom is -0.612 e. The highest BCUT2D eigenvalue weighted by atomic mass is 79.9. The van der Waals surface area contributed by atoms with Gasteiger partial charge in [0.05, 0.1) is 6.20 Å². The average molecular weight is 220 g/mol. The van der Waals surface area contributed by atoms with E-state index in [1.54, 1.807) is 24.6 Å². The summed E-state index contributed by atoms with van der Waals surface area (Å²) in [6.07, 6.45) is 3.23. The van der Waals surface area contributed by atoms with Crippen LogP contribution >= 0.6 is 15.9 Å². The Hall–Kier alpha value is -0.0600. The van der Waals surface area contributed by atoms with Gasteiger partial charge in [0.15, 0.2) is 4.90 Å². The van der Waals surface area contributed by atoms with Crippen LogP contribution in [0.3, 0.4) is 0 Å². The van der Waals surface area contributed by atoms with Gasteiger partial charge in [-0.3, -0.25) is 0 Å². The van der Waals surface area contributed by atoms with Gasteiger partial charge in [-0.05, 0) is 39.2 Å². The number of rotatable bonds is 1. The smallest absolute Gasteiger partial charge is 0.170 e. The highest BCUT2D eigenvalue weighted by Crippen LogP contribution is 2.10. The van der Waals surface area contributed by atoms with Crippen molar-refractivity contribution in [3.05, 3.63) is 22.9 Å². The SMILES string of the molecule is C[S+]([O-])c1ccc(Br)nc1. The van der Waals surface area contributed by atoms with E-state index in [4.69, 9.17) is 0 Å². The zero-order valence-electron chi connectivity index (χ0n) is 5.37. The lowest BCUT2D eigenvalue weighted by Crippen LogP contribution is -1.96. The van der Waals surface area contributed by atoms with Crippen LogP contribution in [-0.2, 0) is 11.2 Å². The van der Waals surface area contributed by atoms with Crippen molar-refractivity contribution in [1.82, 2.24) is 4.98 Å². The van der Waals surface area contributed by atoms with Gasteiger partial charge in [-0.15, -0.1) is 0 Å². The molecule has 10 heavy (non-hydrogen) atoms. The molecule has 0 N–H and O–H groups in total. The first kappa shape index (κ1) is 8.04. The van der Waals surface area contributed by atoms with Gasteiger partial charge >= 0.3 is 0 Å². The summed E-state index contributed by atoms with van der Waals surface area (Å²) in [5.74, 6) is 0. The van der Waals surface area contributed by atoms with Gasteiger partial charge in [-0.2, -0.15) is 0 Å². The third-order valence-corrected chi connectivity index (χ3v) is 2.41. The quantitative estimate of drug-likeness (QED) is 0.532. The zero-order chi connectivity index (χ0) is 7.56. The molecule has 0 saturated carbocycles. The first-order valence-corrected chi connectivity index (χ1v) is 5.00. The maximum absolute atomic E-state index is 10.8. The molecule has 1 aromatic heterocycles. The highest BCUT2D eigenvalue weighted by molar-refractivity contribution is 9.10. The monoisotopic (exact) mass is 219 g/mol. The predicted octanol–water partition coefficient (Wildman–Crippen LogP) is 1.58. The molecule has 1 rings (SSSR count). The van der Waals surface area contributed by atoms with E-state index in [1.165, 1.54) is 0 Å². The zero-order valence-corrected chi connectivity index (χ0v) is 7.78. The Bertz CT molecular complexity index is 211. The standard InChI is InChI=1S/C6H6BrNOS/c1-10(9)5-2-3-6(7)8-4-5/h2-4H,1H3. The number of halogens is 1. The summed E-state index contributed by atoms with van der Waals surface area (Å²) in [5.41, 5.74) is 0. The van der Waals surface area contributed by atoms with Gasteiger partial charge in [0, 0.05) is 0 Å². The van der Waals surface area contributed by atoms with Crippen LogP contribution in [0.15, 0.2) is 27.8 Å². The molecule has 54 valence electrons. The molecular weight excluding hydrogens is 214 g/mol. The number of nitrogens with zero attached hydrogens (tertiary/aromatic N) is 1. The van der Waals surface area contributed by atoms with Crippen LogP contribution in [0.2, 0.25) is 0 Å². The van der Waals surface area contributed by atoms with Crippen molar-refractivity contribution in [3.8, 4) is 0 Å². The Morgan fingerprint density at radius 3 is 2.70 bits per heavy atom. The minimum absolute atomic E-state index is 0.753. The van der Waals surface area contributed by atoms with Crippen molar-refractivity contribution in [2.45, 2.75) is 4.90 Å². The van der Waals surface area contributed by atoms with E-state index in [0.29, 0.717) is 0 Å². The molecule has 0 aliphatic carbocycles. The second-order valence-electron chi connectivity index (χ2n) is 1.77. The Morgan fingerprint density at radius 2 is 2.30 bits per heavy atom. The van der Waals surface area contributed by atoms with Crippen molar-refractivity contribution in [1.29, 1.82) is 0 Å². The van der Waals surface area contributed by atoms with Gasteiger partial charge < -0.3 is 4.55 Å². The fraction of sp³-hybridized carbons (Fsp3) is 0.167. The molecule has 1 aromatic rings. The Morgan fingerprint density at radius 1 is 1.60 bits per heavy atom. The van der Waals surface area contributed by atoms with Crippen LogP contribution in [0.25, 0.3) is 0 Å². The predicted molar refractivity (Wildman–Crippen MR) is 44.3 cm³/mol. The summed E-state index contributed by atoms with van der Waals surface area (Å²) < 4.78 is 11.6. The summed E-state index contributed by atoms with van der Waals surface area (Å²) in [4.78, 5) is 4.68. The molecule has 0 amide bonds. The van der Waals surface area contributed by atoms with E-state index in [2.05, 4.69) is 20.9 Å². The summed E-state index contributed by atoms with van der Waals surface area (Å²) in [7, 11) is 0. The Kier molecular flexibility index (Phi) is 2.71. The fourth-order valence-corrected chi connectivity index (χ4v) is 1.23. The topological polar surface area (TPSA) is 36.0 Å².